The molecule has 0 aromatic heterocycles. The van der Waals surface area contributed by atoms with Gasteiger partial charge < -0.3 is 10.3 Å². The maximum Gasteiger partial charge on any atom is 0.0554 e. The highest BCUT2D eigenvalue weighted by atomic mass is 35.5. The van der Waals surface area contributed by atoms with Crippen LogP contribution in [0.2, 0.25) is 5.02 Å². The first kappa shape index (κ1) is 12.5. The summed E-state index contributed by atoms with van der Waals surface area (Å²) in [4.78, 5) is 2.40. The first-order valence-corrected chi connectivity index (χ1v) is 6.53. The van der Waals surface area contributed by atoms with Crippen molar-refractivity contribution in [1.82, 2.24) is 5.43 Å². The fourth-order valence-corrected chi connectivity index (χ4v) is 2.63. The number of hydrogen-bond acceptors (Lipinski definition) is 3. The van der Waals surface area contributed by atoms with Crippen LogP contribution in [0.5, 0.6) is 0 Å². The molecule has 0 atom stereocenters. The van der Waals surface area contributed by atoms with Gasteiger partial charge in [0.25, 0.3) is 0 Å². The van der Waals surface area contributed by atoms with E-state index in [0.29, 0.717) is 0 Å². The topological polar surface area (TPSA) is 27.3 Å². The van der Waals surface area contributed by atoms with Gasteiger partial charge in [-0.3, -0.25) is 0 Å². The summed E-state index contributed by atoms with van der Waals surface area (Å²) in [6, 6.07) is 4.05. The summed E-state index contributed by atoms with van der Waals surface area (Å²) >= 11 is 6.18. The van der Waals surface area contributed by atoms with Crippen molar-refractivity contribution in [3.05, 3.63) is 22.7 Å². The molecule has 4 heteroatoms. The van der Waals surface area contributed by atoms with Gasteiger partial charge in [0.15, 0.2) is 0 Å². The van der Waals surface area contributed by atoms with Crippen molar-refractivity contribution in [2.75, 3.05) is 30.5 Å². The Balaban J connectivity index is 2.35. The maximum absolute atomic E-state index is 6.18. The summed E-state index contributed by atoms with van der Waals surface area (Å²) in [5, 5.41) is 0.787. The van der Waals surface area contributed by atoms with E-state index in [2.05, 4.69) is 35.7 Å². The van der Waals surface area contributed by atoms with Crippen LogP contribution in [0.25, 0.3) is 0 Å². The first-order valence-electron chi connectivity index (χ1n) is 6.15. The van der Waals surface area contributed by atoms with Crippen molar-refractivity contribution in [2.45, 2.75) is 20.3 Å². The Labute approximate surface area is 108 Å². The van der Waals surface area contributed by atoms with Crippen LogP contribution in [-0.2, 0) is 6.42 Å². The van der Waals surface area contributed by atoms with Crippen molar-refractivity contribution in [1.29, 1.82) is 0 Å². The minimum absolute atomic E-state index is 0.787. The largest absolute Gasteiger partial charge is 0.371 e. The van der Waals surface area contributed by atoms with E-state index in [-0.39, 0.29) is 0 Å². The van der Waals surface area contributed by atoms with Crippen LogP contribution in [0.15, 0.2) is 12.1 Å². The Bertz CT molecular complexity index is 400. The van der Waals surface area contributed by atoms with Crippen LogP contribution in [0, 0.1) is 5.92 Å². The van der Waals surface area contributed by atoms with Gasteiger partial charge in [0, 0.05) is 30.8 Å². The molecule has 1 aromatic rings. The van der Waals surface area contributed by atoms with E-state index in [0.717, 1.165) is 36.1 Å². The number of rotatable bonds is 4. The molecule has 0 amide bonds. The zero-order valence-electron chi connectivity index (χ0n) is 10.7. The monoisotopic (exact) mass is 253 g/mol. The summed E-state index contributed by atoms with van der Waals surface area (Å²) in [5.41, 5.74) is 9.82. The number of hydrogen-bond donors (Lipinski definition) is 2. The van der Waals surface area contributed by atoms with Gasteiger partial charge in [-0.1, -0.05) is 25.4 Å². The Kier molecular flexibility index (Phi) is 3.79. The van der Waals surface area contributed by atoms with E-state index in [1.165, 1.54) is 11.3 Å². The summed E-state index contributed by atoms with van der Waals surface area (Å²) < 4.78 is 0. The molecule has 2 rings (SSSR count). The highest BCUT2D eigenvalue weighted by Gasteiger charge is 2.25. The summed E-state index contributed by atoms with van der Waals surface area (Å²) in [5.74, 6) is 0.791. The molecule has 0 spiro atoms. The fraction of sp³-hybridized carbons (Fsp3) is 0.538. The minimum atomic E-state index is 0.787. The summed E-state index contributed by atoms with van der Waals surface area (Å²) in [6.07, 6.45) is 1.00. The molecule has 0 saturated carbocycles. The molecule has 2 N–H and O–H groups in total. The molecular weight excluding hydrogens is 234 g/mol. The lowest BCUT2D eigenvalue weighted by molar-refractivity contribution is 0.446. The van der Waals surface area contributed by atoms with E-state index in [9.17, 15) is 0 Å². The van der Waals surface area contributed by atoms with Crippen LogP contribution in [-0.4, -0.2) is 20.1 Å². The van der Waals surface area contributed by atoms with Crippen LogP contribution in [0.3, 0.4) is 0 Å². The first-order chi connectivity index (χ1) is 8.15. The van der Waals surface area contributed by atoms with Crippen molar-refractivity contribution in [2.24, 2.45) is 5.92 Å². The van der Waals surface area contributed by atoms with Gasteiger partial charge in [0.1, 0.15) is 0 Å². The molecule has 0 radical (unpaired) electrons. The van der Waals surface area contributed by atoms with E-state index in [4.69, 9.17) is 11.6 Å². The van der Waals surface area contributed by atoms with Crippen LogP contribution >= 0.6 is 11.6 Å². The quantitative estimate of drug-likeness (QED) is 0.808. The fourth-order valence-electron chi connectivity index (χ4n) is 2.42. The smallest absolute Gasteiger partial charge is 0.0554 e. The summed E-state index contributed by atoms with van der Waals surface area (Å²) in [7, 11) is 1.87. The third kappa shape index (κ3) is 2.50. The standard InChI is InChI=1S/C13H20ClN3/c1-4-11-12(16-15-3)5-10(14)6-13(11)17-7-9(2)8-17/h5-6,9,15-16H,4,7-8H2,1-3H3. The van der Waals surface area contributed by atoms with Crippen LogP contribution < -0.4 is 15.8 Å². The molecule has 17 heavy (non-hydrogen) atoms. The zero-order chi connectivity index (χ0) is 12.4. The SMILES string of the molecule is CCc1c(NNC)cc(Cl)cc1N1CC(C)C1. The van der Waals surface area contributed by atoms with E-state index >= 15 is 0 Å². The average molecular weight is 254 g/mol. The molecule has 0 aliphatic carbocycles. The molecule has 94 valence electrons. The highest BCUT2D eigenvalue weighted by molar-refractivity contribution is 6.31. The lowest BCUT2D eigenvalue weighted by atomic mass is 9.98. The molecule has 1 heterocycles. The number of benzene rings is 1. The molecular formula is C13H20ClN3. The lowest BCUT2D eigenvalue weighted by Gasteiger charge is -2.40. The van der Waals surface area contributed by atoms with Crippen molar-refractivity contribution >= 4 is 23.0 Å². The molecule has 0 bridgehead atoms. The zero-order valence-corrected chi connectivity index (χ0v) is 11.4. The van der Waals surface area contributed by atoms with Gasteiger partial charge in [0.2, 0.25) is 0 Å². The molecule has 0 unspecified atom stereocenters. The van der Waals surface area contributed by atoms with Gasteiger partial charge in [0.05, 0.1) is 5.69 Å². The van der Waals surface area contributed by atoms with Crippen molar-refractivity contribution in [3.8, 4) is 0 Å². The Morgan fingerprint density at radius 1 is 1.41 bits per heavy atom. The molecule has 1 aliphatic rings. The van der Waals surface area contributed by atoms with Gasteiger partial charge in [-0.2, -0.15) is 0 Å². The second-order valence-corrected chi connectivity index (χ2v) is 5.13. The normalized spacial score (nSPS) is 15.9. The Morgan fingerprint density at radius 2 is 2.12 bits per heavy atom. The van der Waals surface area contributed by atoms with Gasteiger partial charge >= 0.3 is 0 Å². The lowest BCUT2D eigenvalue weighted by Crippen LogP contribution is -2.45. The second-order valence-electron chi connectivity index (χ2n) is 4.69. The predicted molar refractivity (Wildman–Crippen MR) is 74.9 cm³/mol. The highest BCUT2D eigenvalue weighted by Crippen LogP contribution is 2.35. The van der Waals surface area contributed by atoms with Crippen molar-refractivity contribution in [3.63, 3.8) is 0 Å². The van der Waals surface area contributed by atoms with E-state index in [1.807, 2.05) is 13.1 Å². The van der Waals surface area contributed by atoms with E-state index < -0.39 is 0 Å². The van der Waals surface area contributed by atoms with E-state index in [1.54, 1.807) is 0 Å². The molecule has 3 nitrogen and oxygen atoms in total. The summed E-state index contributed by atoms with van der Waals surface area (Å²) in [6.45, 7) is 6.72. The van der Waals surface area contributed by atoms with Gasteiger partial charge in [-0.15, -0.1) is 0 Å². The molecule has 1 fully saturated rings. The van der Waals surface area contributed by atoms with Crippen LogP contribution in [0.4, 0.5) is 11.4 Å². The van der Waals surface area contributed by atoms with Gasteiger partial charge in [-0.05, 0) is 30.0 Å². The average Bonchev–Trinajstić information content (AvgIpc) is 2.24. The van der Waals surface area contributed by atoms with Crippen LogP contribution in [0.1, 0.15) is 19.4 Å². The van der Waals surface area contributed by atoms with Gasteiger partial charge in [-0.25, -0.2) is 5.43 Å². The molecule has 1 aromatic carbocycles. The maximum atomic E-state index is 6.18. The number of halogens is 1. The number of nitrogens with one attached hydrogen (secondary N) is 2. The number of anilines is 2. The third-order valence-electron chi connectivity index (χ3n) is 3.21. The Morgan fingerprint density at radius 3 is 2.65 bits per heavy atom. The third-order valence-corrected chi connectivity index (χ3v) is 3.43. The molecule has 1 aliphatic heterocycles. The van der Waals surface area contributed by atoms with Crippen molar-refractivity contribution < 1.29 is 0 Å². The second kappa shape index (κ2) is 5.15. The predicted octanol–water partition coefficient (Wildman–Crippen LogP) is 2.90. The number of hydrazine groups is 1. The molecule has 1 saturated heterocycles. The number of nitrogens with zero attached hydrogens (tertiary/aromatic N) is 1. The Hall–Kier alpha value is -0.930. The minimum Gasteiger partial charge on any atom is -0.371 e.